The van der Waals surface area contributed by atoms with Crippen LogP contribution in [0.3, 0.4) is 0 Å². The van der Waals surface area contributed by atoms with Crippen LogP contribution in [0.25, 0.3) is 5.57 Å². The summed E-state index contributed by atoms with van der Waals surface area (Å²) in [6, 6.07) is 24.0. The minimum atomic E-state index is -3.76. The van der Waals surface area contributed by atoms with Gasteiger partial charge in [0.15, 0.2) is 0 Å². The summed E-state index contributed by atoms with van der Waals surface area (Å²) in [5.74, 6) is 0. The molecule has 0 aromatic heterocycles. The van der Waals surface area contributed by atoms with Gasteiger partial charge in [-0.15, -0.1) is 0 Å². The van der Waals surface area contributed by atoms with Crippen LogP contribution in [0.2, 0.25) is 0 Å². The molecule has 0 aliphatic rings. The number of nitrogens with one attached hydrogen (secondary N) is 1. The number of rotatable bonds is 6. The zero-order valence-electron chi connectivity index (χ0n) is 16.1. The molecule has 0 spiro atoms. The molecule has 0 atom stereocenters. The van der Waals surface area contributed by atoms with Crippen LogP contribution in [-0.4, -0.2) is 14.1 Å². The van der Waals surface area contributed by atoms with E-state index in [-0.39, 0.29) is 4.90 Å². The maximum absolute atomic E-state index is 12.6. The summed E-state index contributed by atoms with van der Waals surface area (Å²) < 4.78 is 26.2. The monoisotopic (exact) mass is 468 g/mol. The van der Waals surface area contributed by atoms with Gasteiger partial charge in [0, 0.05) is 10.0 Å². The summed E-state index contributed by atoms with van der Waals surface area (Å²) in [5, 5.41) is 4.24. The fourth-order valence-corrected chi connectivity index (χ4v) is 3.91. The smallest absolute Gasteiger partial charge is 0.200 e. The molecule has 0 fully saturated rings. The Morgan fingerprint density at radius 3 is 2.24 bits per heavy atom. The Morgan fingerprint density at radius 1 is 0.931 bits per heavy atom. The highest BCUT2D eigenvalue weighted by Crippen LogP contribution is 2.20. The quantitative estimate of drug-likeness (QED) is 0.381. The molecule has 3 aromatic rings. The number of allylic oxidation sites excluding steroid dienone is 2. The van der Waals surface area contributed by atoms with Crippen molar-refractivity contribution in [3.8, 4) is 0 Å². The van der Waals surface area contributed by atoms with E-state index in [2.05, 4.69) is 25.9 Å². The lowest BCUT2D eigenvalue weighted by Crippen LogP contribution is -2.20. The van der Waals surface area contributed by atoms with Gasteiger partial charge in [-0.2, -0.15) is 18.4 Å². The summed E-state index contributed by atoms with van der Waals surface area (Å²) in [6.45, 7) is 3.87. The second-order valence-corrected chi connectivity index (χ2v) is 9.19. The molecule has 0 saturated heterocycles. The average Bonchev–Trinajstić information content (AvgIpc) is 2.72. The van der Waals surface area contributed by atoms with Gasteiger partial charge in [-0.1, -0.05) is 76.1 Å². The summed E-state index contributed by atoms with van der Waals surface area (Å²) in [6.07, 6.45) is 1.87. The summed E-state index contributed by atoms with van der Waals surface area (Å²) in [4.78, 5) is 2.54. The van der Waals surface area contributed by atoms with E-state index in [1.54, 1.807) is 24.3 Å². The Morgan fingerprint density at radius 2 is 1.59 bits per heavy atom. The van der Waals surface area contributed by atoms with Crippen LogP contribution in [-0.2, 0) is 10.0 Å². The highest BCUT2D eigenvalue weighted by atomic mass is 79.9. The summed E-state index contributed by atoms with van der Waals surface area (Å²) >= 11 is 3.48. The van der Waals surface area contributed by atoms with Crippen LogP contribution in [0.15, 0.2) is 99.4 Å². The van der Waals surface area contributed by atoms with E-state index in [0.29, 0.717) is 5.71 Å². The molecule has 3 rings (SSSR count). The molecule has 1 N–H and O–H groups in total. The lowest BCUT2D eigenvalue weighted by Gasteiger charge is -2.08. The maximum atomic E-state index is 12.6. The minimum Gasteiger partial charge on any atom is -0.200 e. The first-order chi connectivity index (χ1) is 13.8. The third kappa shape index (κ3) is 5.65. The van der Waals surface area contributed by atoms with Crippen LogP contribution >= 0.6 is 15.9 Å². The number of nitrogens with zero attached hydrogens (tertiary/aromatic N) is 1. The van der Waals surface area contributed by atoms with Crippen LogP contribution < -0.4 is 4.83 Å². The zero-order chi connectivity index (χ0) is 20.9. The number of sulfonamides is 1. The molecule has 148 valence electrons. The molecule has 0 unspecified atom stereocenters. The first-order valence-corrected chi connectivity index (χ1v) is 11.3. The molecule has 0 aliphatic heterocycles. The van der Waals surface area contributed by atoms with Gasteiger partial charge < -0.3 is 0 Å². The molecule has 0 aliphatic carbocycles. The fourth-order valence-electron chi connectivity index (χ4n) is 2.69. The predicted molar refractivity (Wildman–Crippen MR) is 122 cm³/mol. The van der Waals surface area contributed by atoms with Crippen molar-refractivity contribution in [2.75, 3.05) is 0 Å². The fraction of sp³-hybridized carbons (Fsp3) is 0.0870. The first kappa shape index (κ1) is 21.0. The van der Waals surface area contributed by atoms with Crippen LogP contribution in [0.5, 0.6) is 0 Å². The van der Waals surface area contributed by atoms with E-state index in [1.807, 2.05) is 74.5 Å². The van der Waals surface area contributed by atoms with Gasteiger partial charge >= 0.3 is 0 Å². The Kier molecular flexibility index (Phi) is 6.67. The Bertz CT molecular complexity index is 1150. The van der Waals surface area contributed by atoms with E-state index in [4.69, 9.17) is 0 Å². The number of hydrogen-bond donors (Lipinski definition) is 1. The van der Waals surface area contributed by atoms with E-state index < -0.39 is 10.0 Å². The van der Waals surface area contributed by atoms with Crippen molar-refractivity contribution < 1.29 is 8.42 Å². The van der Waals surface area contributed by atoms with E-state index in [1.165, 1.54) is 0 Å². The van der Waals surface area contributed by atoms with Gasteiger partial charge in [-0.05, 0) is 55.3 Å². The molecule has 0 heterocycles. The molecular weight excluding hydrogens is 448 g/mol. The lowest BCUT2D eigenvalue weighted by molar-refractivity contribution is 0.584. The molecule has 0 bridgehead atoms. The van der Waals surface area contributed by atoms with Gasteiger partial charge in [0.2, 0.25) is 0 Å². The molecular formula is C23H21BrN2O2S. The van der Waals surface area contributed by atoms with Crippen molar-refractivity contribution in [3.05, 3.63) is 106 Å². The lowest BCUT2D eigenvalue weighted by atomic mass is 10.0. The van der Waals surface area contributed by atoms with Gasteiger partial charge in [0.1, 0.15) is 0 Å². The molecule has 3 aromatic carbocycles. The maximum Gasteiger partial charge on any atom is 0.276 e. The normalized spacial score (nSPS) is 12.7. The number of benzene rings is 3. The van der Waals surface area contributed by atoms with Gasteiger partial charge in [0.05, 0.1) is 10.6 Å². The standard InChI is InChI=1S/C23H21BrN2O2S/c1-17-11-13-22(14-12-17)29(27,28)26-25-23(19-7-4-3-5-8-19)15-18(2)20-9-6-10-21(24)16-20/h3-16,26H,1-2H3/b18-15+,25-23+. The molecule has 0 amide bonds. The highest BCUT2D eigenvalue weighted by molar-refractivity contribution is 9.10. The molecule has 6 heteroatoms. The van der Waals surface area contributed by atoms with Crippen LogP contribution in [0.4, 0.5) is 0 Å². The third-order valence-corrected chi connectivity index (χ3v) is 6.04. The van der Waals surface area contributed by atoms with Gasteiger partial charge in [-0.25, -0.2) is 0 Å². The highest BCUT2D eigenvalue weighted by Gasteiger charge is 2.13. The van der Waals surface area contributed by atoms with E-state index in [0.717, 1.165) is 26.7 Å². The van der Waals surface area contributed by atoms with Crippen molar-refractivity contribution in [2.24, 2.45) is 5.10 Å². The Labute approximate surface area is 180 Å². The summed E-state index contributed by atoms with van der Waals surface area (Å²) in [5.41, 5.74) is 4.31. The summed E-state index contributed by atoms with van der Waals surface area (Å²) in [7, 11) is -3.76. The largest absolute Gasteiger partial charge is 0.276 e. The van der Waals surface area contributed by atoms with Crippen molar-refractivity contribution in [2.45, 2.75) is 18.7 Å². The average molecular weight is 469 g/mol. The van der Waals surface area contributed by atoms with Crippen LogP contribution in [0, 0.1) is 6.92 Å². The van der Waals surface area contributed by atoms with Crippen molar-refractivity contribution in [1.29, 1.82) is 0 Å². The van der Waals surface area contributed by atoms with Crippen molar-refractivity contribution >= 4 is 37.2 Å². The first-order valence-electron chi connectivity index (χ1n) is 9.01. The van der Waals surface area contributed by atoms with Crippen molar-refractivity contribution in [1.82, 2.24) is 4.83 Å². The zero-order valence-corrected chi connectivity index (χ0v) is 18.5. The number of hydrogen-bond acceptors (Lipinski definition) is 3. The third-order valence-electron chi connectivity index (χ3n) is 4.32. The van der Waals surface area contributed by atoms with E-state index >= 15 is 0 Å². The molecule has 29 heavy (non-hydrogen) atoms. The van der Waals surface area contributed by atoms with Gasteiger partial charge in [-0.3, -0.25) is 0 Å². The number of aryl methyl sites for hydroxylation is 1. The van der Waals surface area contributed by atoms with Crippen LogP contribution in [0.1, 0.15) is 23.6 Å². The number of halogens is 1. The Hall–Kier alpha value is -2.70. The number of hydrazone groups is 1. The second kappa shape index (κ2) is 9.20. The Balaban J connectivity index is 1.98. The molecule has 4 nitrogen and oxygen atoms in total. The second-order valence-electron chi connectivity index (χ2n) is 6.61. The van der Waals surface area contributed by atoms with Crippen molar-refractivity contribution in [3.63, 3.8) is 0 Å². The predicted octanol–water partition coefficient (Wildman–Crippen LogP) is 5.54. The molecule has 0 saturated carbocycles. The molecule has 0 radical (unpaired) electrons. The SMILES string of the molecule is C/C(=C\C(=N/NS(=O)(=O)c1ccc(C)cc1)c1ccccc1)c1cccc(Br)c1. The topological polar surface area (TPSA) is 58.5 Å². The van der Waals surface area contributed by atoms with Gasteiger partial charge in [0.25, 0.3) is 10.0 Å². The van der Waals surface area contributed by atoms with E-state index in [9.17, 15) is 8.42 Å². The minimum absolute atomic E-state index is 0.173.